The molecule has 1 N–H and O–H groups in total. The summed E-state index contributed by atoms with van der Waals surface area (Å²) in [6.45, 7) is 7.94. The molecule has 0 aliphatic carbocycles. The lowest BCUT2D eigenvalue weighted by Crippen LogP contribution is -2.42. The quantitative estimate of drug-likeness (QED) is 0.731. The van der Waals surface area contributed by atoms with Gasteiger partial charge in [0.15, 0.2) is 0 Å². The zero-order chi connectivity index (χ0) is 16.8. The molecule has 0 spiro atoms. The monoisotopic (exact) mass is 307 g/mol. The fraction of sp³-hybridized carbons (Fsp3) is 0.611. The van der Waals surface area contributed by atoms with Gasteiger partial charge in [-0.25, -0.2) is 0 Å². The molecule has 4 nitrogen and oxygen atoms in total. The predicted octanol–water partition coefficient (Wildman–Crippen LogP) is 4.24. The Bertz CT molecular complexity index is 490. The number of unbranched alkanes of at least 4 members (excludes halogenated alkanes) is 2. The highest BCUT2D eigenvalue weighted by Crippen LogP contribution is 2.28. The van der Waals surface area contributed by atoms with Crippen LogP contribution in [0.2, 0.25) is 0 Å². The van der Waals surface area contributed by atoms with E-state index in [-0.39, 0.29) is 5.91 Å². The lowest BCUT2D eigenvalue weighted by atomic mass is 9.96. The smallest absolute Gasteiger partial charge is 0.256 e. The van der Waals surface area contributed by atoms with Gasteiger partial charge < -0.3 is 14.8 Å². The Labute approximate surface area is 134 Å². The topological polar surface area (TPSA) is 47.6 Å². The van der Waals surface area contributed by atoms with Gasteiger partial charge in [0.2, 0.25) is 0 Å². The molecular formula is C18H29NO3. The molecule has 22 heavy (non-hydrogen) atoms. The van der Waals surface area contributed by atoms with E-state index in [2.05, 4.69) is 12.2 Å². The minimum atomic E-state index is -0.795. The van der Waals surface area contributed by atoms with Gasteiger partial charge in [0.25, 0.3) is 5.91 Å². The van der Waals surface area contributed by atoms with Gasteiger partial charge in [0, 0.05) is 12.8 Å². The number of anilines is 1. The van der Waals surface area contributed by atoms with Crippen LogP contribution in [0, 0.1) is 13.8 Å². The van der Waals surface area contributed by atoms with Crippen molar-refractivity contribution in [2.75, 3.05) is 19.5 Å². The Kier molecular flexibility index (Phi) is 6.88. The highest BCUT2D eigenvalue weighted by molar-refractivity contribution is 5.97. The molecule has 124 valence electrons. The lowest BCUT2D eigenvalue weighted by molar-refractivity contribution is -0.136. The average molecular weight is 307 g/mol. The molecule has 0 heterocycles. The highest BCUT2D eigenvalue weighted by atomic mass is 16.5. The first-order valence-corrected chi connectivity index (χ1v) is 7.89. The summed E-state index contributed by atoms with van der Waals surface area (Å²) in [7, 11) is 3.25. The van der Waals surface area contributed by atoms with E-state index in [0.717, 1.165) is 48.2 Å². The molecule has 0 bridgehead atoms. The Morgan fingerprint density at radius 3 is 2.23 bits per heavy atom. The summed E-state index contributed by atoms with van der Waals surface area (Å²) in [5.74, 6) is 0.755. The third-order valence-electron chi connectivity index (χ3n) is 4.11. The largest absolute Gasteiger partial charge is 0.496 e. The van der Waals surface area contributed by atoms with Crippen molar-refractivity contribution < 1.29 is 14.3 Å². The first-order valence-electron chi connectivity index (χ1n) is 7.89. The van der Waals surface area contributed by atoms with Gasteiger partial charge >= 0.3 is 0 Å². The summed E-state index contributed by atoms with van der Waals surface area (Å²) in [6, 6.07) is 3.84. The van der Waals surface area contributed by atoms with Gasteiger partial charge in [-0.15, -0.1) is 0 Å². The zero-order valence-corrected chi connectivity index (χ0v) is 14.7. The number of ether oxygens (including phenoxy) is 2. The van der Waals surface area contributed by atoms with Crippen molar-refractivity contribution >= 4 is 11.6 Å². The highest BCUT2D eigenvalue weighted by Gasteiger charge is 2.32. The van der Waals surface area contributed by atoms with Gasteiger partial charge in [-0.2, -0.15) is 0 Å². The van der Waals surface area contributed by atoms with Crippen molar-refractivity contribution in [2.24, 2.45) is 0 Å². The zero-order valence-electron chi connectivity index (χ0n) is 14.7. The molecule has 0 unspecified atom stereocenters. The number of aryl methyl sites for hydroxylation is 2. The fourth-order valence-electron chi connectivity index (χ4n) is 2.63. The molecular weight excluding hydrogens is 278 g/mol. The van der Waals surface area contributed by atoms with Gasteiger partial charge in [-0.05, 0) is 50.5 Å². The van der Waals surface area contributed by atoms with Gasteiger partial charge in [0.05, 0.1) is 7.11 Å². The molecule has 0 radical (unpaired) electrons. The number of carbonyl (C=O) groups excluding carboxylic acids is 1. The van der Waals surface area contributed by atoms with Crippen LogP contribution in [0.3, 0.4) is 0 Å². The normalized spacial score (nSPS) is 13.5. The summed E-state index contributed by atoms with van der Waals surface area (Å²) in [5.41, 5.74) is 1.99. The molecule has 1 aromatic carbocycles. The van der Waals surface area contributed by atoms with Crippen LogP contribution in [0.15, 0.2) is 12.1 Å². The minimum absolute atomic E-state index is 0.102. The van der Waals surface area contributed by atoms with Crippen LogP contribution in [-0.2, 0) is 9.53 Å². The minimum Gasteiger partial charge on any atom is -0.496 e. The number of hydrogen-bond donors (Lipinski definition) is 1. The van der Waals surface area contributed by atoms with Crippen molar-refractivity contribution in [3.63, 3.8) is 0 Å². The molecule has 4 heteroatoms. The second-order valence-electron chi connectivity index (χ2n) is 5.99. The van der Waals surface area contributed by atoms with Crippen molar-refractivity contribution in [1.29, 1.82) is 0 Å². The van der Waals surface area contributed by atoms with Crippen LogP contribution in [0.1, 0.15) is 50.7 Å². The third kappa shape index (κ3) is 4.47. The number of rotatable bonds is 8. The first-order chi connectivity index (χ1) is 10.4. The summed E-state index contributed by atoms with van der Waals surface area (Å²) in [6.07, 6.45) is 3.93. The third-order valence-corrected chi connectivity index (χ3v) is 4.11. The summed E-state index contributed by atoms with van der Waals surface area (Å²) in [4.78, 5) is 12.6. The van der Waals surface area contributed by atoms with Crippen LogP contribution in [-0.4, -0.2) is 25.7 Å². The molecule has 0 aromatic heterocycles. The number of methoxy groups -OCH3 is 2. The molecule has 1 atom stereocenters. The molecule has 1 rings (SSSR count). The number of hydrogen-bond acceptors (Lipinski definition) is 3. The Balaban J connectivity index is 2.86. The summed E-state index contributed by atoms with van der Waals surface area (Å²) < 4.78 is 10.8. The van der Waals surface area contributed by atoms with Crippen molar-refractivity contribution in [1.82, 2.24) is 0 Å². The number of benzene rings is 1. The molecule has 0 saturated heterocycles. The SMILES string of the molecule is CCCCC[C@@](C)(OC)C(=O)Nc1cc(C)c(OC)c(C)c1. The van der Waals surface area contributed by atoms with Crippen LogP contribution in [0.5, 0.6) is 5.75 Å². The Hall–Kier alpha value is -1.55. The van der Waals surface area contributed by atoms with E-state index in [9.17, 15) is 4.79 Å². The van der Waals surface area contributed by atoms with Crippen LogP contribution in [0.25, 0.3) is 0 Å². The lowest BCUT2D eigenvalue weighted by Gasteiger charge is -2.27. The standard InChI is InChI=1S/C18H29NO3/c1-7-8-9-10-18(4,22-6)17(20)19-15-11-13(2)16(21-5)14(3)12-15/h11-12H,7-10H2,1-6H3,(H,19,20)/t18-/m1/s1. The van der Waals surface area contributed by atoms with E-state index in [1.807, 2.05) is 32.9 Å². The number of carbonyl (C=O) groups is 1. The summed E-state index contributed by atoms with van der Waals surface area (Å²) >= 11 is 0. The predicted molar refractivity (Wildman–Crippen MR) is 90.7 cm³/mol. The fourth-order valence-corrected chi connectivity index (χ4v) is 2.63. The molecule has 0 aliphatic heterocycles. The van der Waals surface area contributed by atoms with E-state index in [0.29, 0.717) is 0 Å². The molecule has 0 fully saturated rings. The number of nitrogens with one attached hydrogen (secondary N) is 1. The Morgan fingerprint density at radius 1 is 1.18 bits per heavy atom. The van der Waals surface area contributed by atoms with E-state index in [1.54, 1.807) is 14.2 Å². The maximum atomic E-state index is 12.6. The van der Waals surface area contributed by atoms with Crippen molar-refractivity contribution in [2.45, 2.75) is 59.0 Å². The van der Waals surface area contributed by atoms with Crippen LogP contribution in [0.4, 0.5) is 5.69 Å². The Morgan fingerprint density at radius 2 is 1.77 bits per heavy atom. The van der Waals surface area contributed by atoms with E-state index in [4.69, 9.17) is 9.47 Å². The summed E-state index contributed by atoms with van der Waals surface area (Å²) in [5, 5.41) is 2.97. The maximum absolute atomic E-state index is 12.6. The van der Waals surface area contributed by atoms with E-state index < -0.39 is 5.60 Å². The second-order valence-corrected chi connectivity index (χ2v) is 5.99. The van der Waals surface area contributed by atoms with Crippen LogP contribution >= 0.6 is 0 Å². The molecule has 0 saturated carbocycles. The molecule has 1 aromatic rings. The number of amides is 1. The first kappa shape index (κ1) is 18.5. The van der Waals surface area contributed by atoms with Gasteiger partial charge in [0.1, 0.15) is 11.4 Å². The average Bonchev–Trinajstić information content (AvgIpc) is 2.47. The van der Waals surface area contributed by atoms with E-state index >= 15 is 0 Å². The van der Waals surface area contributed by atoms with Gasteiger partial charge in [-0.1, -0.05) is 26.2 Å². The van der Waals surface area contributed by atoms with Crippen molar-refractivity contribution in [3.8, 4) is 5.75 Å². The molecule has 1 amide bonds. The van der Waals surface area contributed by atoms with Crippen LogP contribution < -0.4 is 10.1 Å². The second kappa shape index (κ2) is 8.18. The molecule has 0 aliphatic rings. The van der Waals surface area contributed by atoms with E-state index in [1.165, 1.54) is 0 Å². The maximum Gasteiger partial charge on any atom is 0.256 e. The van der Waals surface area contributed by atoms with Crippen molar-refractivity contribution in [3.05, 3.63) is 23.3 Å². The van der Waals surface area contributed by atoms with Gasteiger partial charge in [-0.3, -0.25) is 4.79 Å².